The number of carbonyl (C=O) groups excluding carboxylic acids is 1. The highest BCUT2D eigenvalue weighted by atomic mass is 32.2. The van der Waals surface area contributed by atoms with Crippen LogP contribution in [0.3, 0.4) is 0 Å². The molecule has 0 saturated heterocycles. The number of hydrogen-bond acceptors (Lipinski definition) is 5. The maximum absolute atomic E-state index is 13.4. The summed E-state index contributed by atoms with van der Waals surface area (Å²) in [7, 11) is 0. The number of rotatable bonds is 7. The maximum Gasteiger partial charge on any atom is 0.192 e. The van der Waals surface area contributed by atoms with Gasteiger partial charge < -0.3 is 4.57 Å². The number of thioether (sulfide) groups is 1. The van der Waals surface area contributed by atoms with Crippen LogP contribution in [0.1, 0.15) is 47.6 Å². The lowest BCUT2D eigenvalue weighted by atomic mass is 10.1. The third-order valence-corrected chi connectivity index (χ3v) is 6.92. The highest BCUT2D eigenvalue weighted by molar-refractivity contribution is 8.00. The van der Waals surface area contributed by atoms with Gasteiger partial charge in [0.1, 0.15) is 0 Å². The lowest BCUT2D eigenvalue weighted by Gasteiger charge is -2.13. The van der Waals surface area contributed by atoms with E-state index in [2.05, 4.69) is 36.4 Å². The summed E-state index contributed by atoms with van der Waals surface area (Å²) in [6.07, 6.45) is 5.78. The molecule has 1 atom stereocenters. The smallest absolute Gasteiger partial charge is 0.192 e. The Hall–Kier alpha value is -3.19. The zero-order chi connectivity index (χ0) is 22.2. The van der Waals surface area contributed by atoms with Gasteiger partial charge in [-0.2, -0.15) is 0 Å². The number of aromatic nitrogens is 5. The van der Waals surface area contributed by atoms with Crippen molar-refractivity contribution in [2.24, 2.45) is 0 Å². The predicted octanol–water partition coefficient (Wildman–Crippen LogP) is 5.45. The van der Waals surface area contributed by atoms with Crippen molar-refractivity contribution in [1.29, 1.82) is 0 Å². The molecule has 3 heterocycles. The summed E-state index contributed by atoms with van der Waals surface area (Å²) in [5.74, 6) is 0.934. The standard InChI is InChI=1S/C25H25N5OS/c1-16-14-22(17(2)29(16)20-9-5-4-6-10-20)23(31)18(3)32-25-28-27-24(30(25)21-11-12-21)19-8-7-13-26-15-19/h4-10,13-15,18,21H,11-12H2,1-3H3. The van der Waals surface area contributed by atoms with E-state index in [1.807, 2.05) is 63.4 Å². The van der Waals surface area contributed by atoms with E-state index in [4.69, 9.17) is 0 Å². The van der Waals surface area contributed by atoms with Crippen molar-refractivity contribution in [3.63, 3.8) is 0 Å². The number of pyridine rings is 1. The first-order chi connectivity index (χ1) is 15.5. The van der Waals surface area contributed by atoms with Crippen LogP contribution in [0.4, 0.5) is 0 Å². The van der Waals surface area contributed by atoms with Crippen LogP contribution < -0.4 is 0 Å². The summed E-state index contributed by atoms with van der Waals surface area (Å²) in [6.45, 7) is 6.01. The fourth-order valence-corrected chi connectivity index (χ4v) is 5.12. The molecule has 0 spiro atoms. The van der Waals surface area contributed by atoms with Crippen LogP contribution >= 0.6 is 11.8 Å². The van der Waals surface area contributed by atoms with E-state index >= 15 is 0 Å². The Morgan fingerprint density at radius 1 is 1.09 bits per heavy atom. The fraction of sp³-hybridized carbons (Fsp3) is 0.280. The van der Waals surface area contributed by atoms with Crippen molar-refractivity contribution in [2.75, 3.05) is 0 Å². The predicted molar refractivity (Wildman–Crippen MR) is 126 cm³/mol. The summed E-state index contributed by atoms with van der Waals surface area (Å²) in [4.78, 5) is 17.7. The van der Waals surface area contributed by atoms with Gasteiger partial charge in [-0.05, 0) is 63.9 Å². The highest BCUT2D eigenvalue weighted by Gasteiger charge is 2.32. The summed E-state index contributed by atoms with van der Waals surface area (Å²) in [5.41, 5.74) is 4.79. The Labute approximate surface area is 191 Å². The Bertz CT molecular complexity index is 1260. The quantitative estimate of drug-likeness (QED) is 0.281. The van der Waals surface area contributed by atoms with Crippen LogP contribution in [0.2, 0.25) is 0 Å². The molecule has 7 heteroatoms. The normalized spacial score (nSPS) is 14.5. The highest BCUT2D eigenvalue weighted by Crippen LogP contribution is 2.42. The molecule has 162 valence electrons. The molecule has 1 aliphatic carbocycles. The Kier molecular flexibility index (Phi) is 5.43. The Morgan fingerprint density at radius 2 is 1.88 bits per heavy atom. The van der Waals surface area contributed by atoms with Crippen LogP contribution in [0.5, 0.6) is 0 Å². The van der Waals surface area contributed by atoms with Crippen LogP contribution in [0, 0.1) is 13.8 Å². The molecular weight excluding hydrogens is 418 g/mol. The van der Waals surface area contributed by atoms with Gasteiger partial charge in [0.15, 0.2) is 16.8 Å². The molecule has 1 unspecified atom stereocenters. The van der Waals surface area contributed by atoms with Crippen molar-refractivity contribution < 1.29 is 4.79 Å². The monoisotopic (exact) mass is 443 g/mol. The minimum atomic E-state index is -0.275. The molecule has 0 N–H and O–H groups in total. The molecule has 0 amide bonds. The number of Topliss-reactive ketones (excluding diaryl/α,β-unsaturated/α-hetero) is 1. The average Bonchev–Trinajstić information content (AvgIpc) is 3.50. The van der Waals surface area contributed by atoms with E-state index in [1.165, 1.54) is 11.8 Å². The lowest BCUT2D eigenvalue weighted by Crippen LogP contribution is -2.15. The molecule has 3 aromatic heterocycles. The molecule has 32 heavy (non-hydrogen) atoms. The first-order valence-electron chi connectivity index (χ1n) is 10.8. The first kappa shape index (κ1) is 20.7. The summed E-state index contributed by atoms with van der Waals surface area (Å²) in [5, 5.41) is 9.42. The van der Waals surface area contributed by atoms with Crippen LogP contribution in [-0.4, -0.2) is 35.3 Å². The number of aryl methyl sites for hydroxylation is 1. The molecule has 0 bridgehead atoms. The largest absolute Gasteiger partial charge is 0.318 e. The van der Waals surface area contributed by atoms with E-state index in [9.17, 15) is 4.79 Å². The zero-order valence-electron chi connectivity index (χ0n) is 18.4. The van der Waals surface area contributed by atoms with Crippen molar-refractivity contribution in [3.05, 3.63) is 77.9 Å². The van der Waals surface area contributed by atoms with Gasteiger partial charge in [0, 0.05) is 46.6 Å². The van der Waals surface area contributed by atoms with Gasteiger partial charge in [-0.15, -0.1) is 10.2 Å². The average molecular weight is 444 g/mol. The summed E-state index contributed by atoms with van der Waals surface area (Å²) in [6, 6.07) is 16.4. The van der Waals surface area contributed by atoms with E-state index in [0.29, 0.717) is 6.04 Å². The van der Waals surface area contributed by atoms with Crippen molar-refractivity contribution in [2.45, 2.75) is 50.1 Å². The van der Waals surface area contributed by atoms with Crippen molar-refractivity contribution in [1.82, 2.24) is 24.3 Å². The lowest BCUT2D eigenvalue weighted by molar-refractivity contribution is 0.0993. The van der Waals surface area contributed by atoms with Gasteiger partial charge in [-0.25, -0.2) is 0 Å². The minimum Gasteiger partial charge on any atom is -0.318 e. The maximum atomic E-state index is 13.4. The number of benzene rings is 1. The van der Waals surface area contributed by atoms with E-state index in [0.717, 1.165) is 52.0 Å². The fourth-order valence-electron chi connectivity index (χ4n) is 4.13. The van der Waals surface area contributed by atoms with E-state index in [-0.39, 0.29) is 11.0 Å². The van der Waals surface area contributed by atoms with Crippen molar-refractivity contribution >= 4 is 17.5 Å². The Morgan fingerprint density at radius 3 is 2.56 bits per heavy atom. The Balaban J connectivity index is 1.43. The third kappa shape index (κ3) is 3.77. The van der Waals surface area contributed by atoms with Crippen LogP contribution in [0.15, 0.2) is 66.1 Å². The van der Waals surface area contributed by atoms with E-state index < -0.39 is 0 Å². The summed E-state index contributed by atoms with van der Waals surface area (Å²) >= 11 is 1.49. The second kappa shape index (κ2) is 8.39. The molecule has 5 rings (SSSR count). The number of carbonyl (C=O) groups is 1. The van der Waals surface area contributed by atoms with Crippen LogP contribution in [0.25, 0.3) is 17.1 Å². The molecule has 1 aliphatic rings. The number of para-hydroxylation sites is 1. The topological polar surface area (TPSA) is 65.6 Å². The summed E-state index contributed by atoms with van der Waals surface area (Å²) < 4.78 is 4.32. The number of nitrogens with zero attached hydrogens (tertiary/aromatic N) is 5. The first-order valence-corrected chi connectivity index (χ1v) is 11.7. The van der Waals surface area contributed by atoms with Gasteiger partial charge in [0.2, 0.25) is 0 Å². The SMILES string of the molecule is Cc1cc(C(=O)C(C)Sc2nnc(-c3cccnc3)n2C2CC2)c(C)n1-c1ccccc1. The molecule has 4 aromatic rings. The van der Waals surface area contributed by atoms with Gasteiger partial charge in [-0.1, -0.05) is 30.0 Å². The molecule has 1 saturated carbocycles. The van der Waals surface area contributed by atoms with Gasteiger partial charge in [0.25, 0.3) is 0 Å². The van der Waals surface area contributed by atoms with Gasteiger partial charge in [-0.3, -0.25) is 14.3 Å². The molecule has 0 aliphatic heterocycles. The zero-order valence-corrected chi connectivity index (χ0v) is 19.2. The van der Waals surface area contributed by atoms with Crippen LogP contribution in [-0.2, 0) is 0 Å². The van der Waals surface area contributed by atoms with Crippen molar-refractivity contribution in [3.8, 4) is 17.1 Å². The molecule has 6 nitrogen and oxygen atoms in total. The number of ketones is 1. The van der Waals surface area contributed by atoms with E-state index in [1.54, 1.807) is 6.20 Å². The van der Waals surface area contributed by atoms with Gasteiger partial charge >= 0.3 is 0 Å². The molecular formula is C25H25N5OS. The molecule has 0 radical (unpaired) electrons. The van der Waals surface area contributed by atoms with Gasteiger partial charge in [0.05, 0.1) is 5.25 Å². The molecule has 1 fully saturated rings. The molecule has 1 aromatic carbocycles. The second-order valence-corrected chi connectivity index (χ2v) is 9.54. The number of hydrogen-bond donors (Lipinski definition) is 0. The minimum absolute atomic E-state index is 0.110. The third-order valence-electron chi connectivity index (χ3n) is 5.86. The second-order valence-electron chi connectivity index (χ2n) is 8.23.